The van der Waals surface area contributed by atoms with Gasteiger partial charge >= 0.3 is 11.9 Å². The molecular formula is C54H58N2O12. The maximum Gasteiger partial charge on any atom is 0.307 e. The Morgan fingerprint density at radius 1 is 0.500 bits per heavy atom. The van der Waals surface area contributed by atoms with Crippen molar-refractivity contribution >= 4 is 56.7 Å². The maximum atomic E-state index is 13.8. The fraction of sp³-hybridized carbons (Fsp3) is 0.333. The summed E-state index contributed by atoms with van der Waals surface area (Å²) < 4.78 is 24.7. The van der Waals surface area contributed by atoms with Crippen molar-refractivity contribution < 1.29 is 58.6 Å². The van der Waals surface area contributed by atoms with E-state index >= 15 is 0 Å². The van der Waals surface area contributed by atoms with Crippen LogP contribution in [0.5, 0.6) is 23.0 Å². The second kappa shape index (κ2) is 20.4. The van der Waals surface area contributed by atoms with Crippen LogP contribution in [0.3, 0.4) is 0 Å². The third-order valence-corrected chi connectivity index (χ3v) is 11.2. The van der Waals surface area contributed by atoms with E-state index in [-0.39, 0.29) is 48.0 Å². The van der Waals surface area contributed by atoms with Gasteiger partial charge in [-0.1, -0.05) is 100 Å². The van der Waals surface area contributed by atoms with Crippen molar-refractivity contribution in [1.82, 2.24) is 0 Å². The first-order valence-corrected chi connectivity index (χ1v) is 22.8. The maximum absolute atomic E-state index is 13.8. The average molecular weight is 927 g/mol. The lowest BCUT2D eigenvalue weighted by Gasteiger charge is -2.23. The lowest BCUT2D eigenvalue weighted by Crippen LogP contribution is -2.27. The van der Waals surface area contributed by atoms with E-state index in [1.54, 1.807) is 48.5 Å². The van der Waals surface area contributed by atoms with Gasteiger partial charge in [-0.15, -0.1) is 0 Å². The van der Waals surface area contributed by atoms with Crippen molar-refractivity contribution in [3.05, 3.63) is 130 Å². The lowest BCUT2D eigenvalue weighted by molar-refractivity contribution is -0.137. The van der Waals surface area contributed by atoms with Gasteiger partial charge in [0.2, 0.25) is 0 Å². The Kier molecular flexibility index (Phi) is 14.6. The molecule has 2 unspecified atom stereocenters. The first-order valence-electron chi connectivity index (χ1n) is 22.8. The molecule has 0 spiro atoms. The predicted octanol–water partition coefficient (Wildman–Crippen LogP) is 9.88. The fourth-order valence-electron chi connectivity index (χ4n) is 8.37. The number of carboxylic acid groups (broad SMARTS) is 2. The normalized spacial score (nSPS) is 15.3. The van der Waals surface area contributed by atoms with Gasteiger partial charge in [-0.05, 0) is 74.9 Å². The number of aliphatic carboxylic acids is 2. The second-order valence-corrected chi connectivity index (χ2v) is 18.3. The molecule has 0 fully saturated rings. The zero-order chi connectivity index (χ0) is 49.1. The Labute approximate surface area is 395 Å². The number of aliphatic hydroxyl groups is 2. The van der Waals surface area contributed by atoms with Crippen LogP contribution in [0.15, 0.2) is 97.1 Å². The van der Waals surface area contributed by atoms with Crippen LogP contribution in [-0.2, 0) is 22.4 Å². The molecule has 14 heteroatoms. The van der Waals surface area contributed by atoms with Crippen LogP contribution in [-0.4, -0.2) is 69.6 Å². The van der Waals surface area contributed by atoms with Gasteiger partial charge in [0.25, 0.3) is 11.8 Å². The number of hydrogen-bond acceptors (Lipinski definition) is 10. The summed E-state index contributed by atoms with van der Waals surface area (Å²) in [6.45, 7) is 16.5. The van der Waals surface area contributed by atoms with Gasteiger partial charge in [-0.3, -0.25) is 29.0 Å². The number of aliphatic hydroxyl groups excluding tert-OH is 2. The second-order valence-electron chi connectivity index (χ2n) is 18.3. The molecule has 2 aliphatic heterocycles. The van der Waals surface area contributed by atoms with Crippen LogP contribution >= 0.6 is 0 Å². The van der Waals surface area contributed by atoms with Crippen molar-refractivity contribution in [2.45, 2.75) is 92.9 Å². The number of amides is 2. The van der Waals surface area contributed by atoms with Gasteiger partial charge in [0.05, 0.1) is 60.5 Å². The molecule has 0 aliphatic carbocycles. The molecule has 4 N–H and O–H groups in total. The topological polar surface area (TPSA) is 193 Å². The van der Waals surface area contributed by atoms with Crippen molar-refractivity contribution in [3.63, 3.8) is 0 Å². The highest BCUT2D eigenvalue weighted by Gasteiger charge is 2.45. The van der Waals surface area contributed by atoms with E-state index in [0.717, 1.165) is 21.5 Å². The summed E-state index contributed by atoms with van der Waals surface area (Å²) in [6, 6.07) is 28.2. The highest BCUT2D eigenvalue weighted by molar-refractivity contribution is 6.18. The number of carbonyl (C=O) groups excluding carboxylic acids is 2. The standard InChI is InChI=1S/2C27H29NO6/c2*1-15(2)14-33-24-19-7-5-6-8-20(19)25(34-16(3)4)23-22(24)26(31)28(27(23)32)18-11-9-17(10-12-18)13-21(29)30/h5-12,15-16,27,32H,13-14H2,1-4H3,(H,29,30);5-12,15-16,26,31H,13-14H2,1-4H3,(H,29,30). The molecule has 0 saturated carbocycles. The first kappa shape index (κ1) is 48.8. The Morgan fingerprint density at radius 3 is 1.24 bits per heavy atom. The molecule has 68 heavy (non-hydrogen) atoms. The summed E-state index contributed by atoms with van der Waals surface area (Å²) >= 11 is 0. The van der Waals surface area contributed by atoms with Crippen LogP contribution in [0.2, 0.25) is 0 Å². The van der Waals surface area contributed by atoms with Gasteiger partial charge in [0, 0.05) is 32.9 Å². The molecule has 2 aliphatic rings. The minimum Gasteiger partial charge on any atom is -0.492 e. The average Bonchev–Trinajstić information content (AvgIpc) is 3.69. The van der Waals surface area contributed by atoms with Crippen LogP contribution in [0.1, 0.15) is 111 Å². The smallest absolute Gasteiger partial charge is 0.307 e. The monoisotopic (exact) mass is 926 g/mol. The molecule has 0 saturated heterocycles. The molecule has 6 aromatic carbocycles. The minimum atomic E-state index is -1.28. The van der Waals surface area contributed by atoms with E-state index in [2.05, 4.69) is 0 Å². The Bertz CT molecular complexity index is 2800. The number of carboxylic acids is 2. The van der Waals surface area contributed by atoms with Crippen molar-refractivity contribution in [3.8, 4) is 23.0 Å². The van der Waals surface area contributed by atoms with E-state index < -0.39 is 36.2 Å². The quantitative estimate of drug-likeness (QED) is 0.0719. The molecule has 2 atom stereocenters. The number of hydrogen-bond donors (Lipinski definition) is 4. The first-order chi connectivity index (χ1) is 32.4. The van der Waals surface area contributed by atoms with Crippen LogP contribution < -0.4 is 28.7 Å². The highest BCUT2D eigenvalue weighted by atomic mass is 16.5. The molecule has 2 heterocycles. The number of fused-ring (bicyclic) bond motifs is 4. The van der Waals surface area contributed by atoms with Gasteiger partial charge in [-0.25, -0.2) is 0 Å². The summed E-state index contributed by atoms with van der Waals surface area (Å²) in [5.74, 6) is -0.400. The van der Waals surface area contributed by atoms with E-state index in [1.807, 2.05) is 104 Å². The minimum absolute atomic E-state index is 0.123. The molecule has 6 aromatic rings. The molecule has 8 rings (SSSR count). The van der Waals surface area contributed by atoms with E-state index in [0.29, 0.717) is 69.8 Å². The number of rotatable bonds is 16. The molecule has 0 radical (unpaired) electrons. The Balaban J connectivity index is 0.000000201. The Morgan fingerprint density at radius 2 is 0.838 bits per heavy atom. The van der Waals surface area contributed by atoms with Gasteiger partial charge < -0.3 is 39.4 Å². The fourth-order valence-corrected chi connectivity index (χ4v) is 8.37. The number of ether oxygens (including phenoxy) is 4. The van der Waals surface area contributed by atoms with Gasteiger partial charge in [0.15, 0.2) is 12.5 Å². The number of carbonyl (C=O) groups is 4. The van der Waals surface area contributed by atoms with E-state index in [4.69, 9.17) is 29.2 Å². The zero-order valence-electron chi connectivity index (χ0n) is 39.5. The molecule has 0 aromatic heterocycles. The lowest BCUT2D eigenvalue weighted by atomic mass is 9.98. The van der Waals surface area contributed by atoms with Crippen LogP contribution in [0.4, 0.5) is 11.4 Å². The third-order valence-electron chi connectivity index (χ3n) is 11.2. The molecule has 14 nitrogen and oxygen atoms in total. The zero-order valence-corrected chi connectivity index (χ0v) is 39.5. The summed E-state index contributed by atoms with van der Waals surface area (Å²) in [6.07, 6.45) is -3.18. The number of nitrogens with zero attached hydrogens (tertiary/aromatic N) is 2. The largest absolute Gasteiger partial charge is 0.492 e. The summed E-state index contributed by atoms with van der Waals surface area (Å²) in [5.41, 5.74) is 3.45. The van der Waals surface area contributed by atoms with Crippen molar-refractivity contribution in [1.29, 1.82) is 0 Å². The molecular weight excluding hydrogens is 869 g/mol. The summed E-state index contributed by atoms with van der Waals surface area (Å²) in [5, 5.41) is 43.9. The SMILES string of the molecule is CC(C)COc1c2c(c(OC(C)C)c3ccccc13)C(=O)N(c1ccc(CC(=O)O)cc1)C2O.CC(C)COc1c2c(c(OC(C)C)c3ccccc13)C(O)N(c1ccc(CC(=O)O)cc1)C2=O. The van der Waals surface area contributed by atoms with Gasteiger partial charge in [-0.2, -0.15) is 0 Å². The Hall–Kier alpha value is -7.16. The molecule has 2 amide bonds. The highest BCUT2D eigenvalue weighted by Crippen LogP contribution is 2.52. The molecule has 0 bridgehead atoms. The van der Waals surface area contributed by atoms with Crippen LogP contribution in [0, 0.1) is 11.8 Å². The number of anilines is 2. The van der Waals surface area contributed by atoms with E-state index in [9.17, 15) is 29.4 Å². The predicted molar refractivity (Wildman–Crippen MR) is 259 cm³/mol. The van der Waals surface area contributed by atoms with Crippen molar-refractivity contribution in [2.75, 3.05) is 23.0 Å². The number of benzene rings is 6. The molecule has 356 valence electrons. The van der Waals surface area contributed by atoms with Gasteiger partial charge in [0.1, 0.15) is 23.0 Å². The summed E-state index contributed by atoms with van der Waals surface area (Å²) in [7, 11) is 0. The third kappa shape index (κ3) is 9.92. The summed E-state index contributed by atoms with van der Waals surface area (Å²) in [4.78, 5) is 52.1. The van der Waals surface area contributed by atoms with E-state index in [1.165, 1.54) is 9.80 Å². The van der Waals surface area contributed by atoms with Crippen LogP contribution in [0.25, 0.3) is 21.5 Å². The van der Waals surface area contributed by atoms with Crippen molar-refractivity contribution in [2.24, 2.45) is 11.8 Å².